The van der Waals surface area contributed by atoms with Crippen LogP contribution in [0.1, 0.15) is 16.7 Å². The van der Waals surface area contributed by atoms with Crippen LogP contribution in [0.4, 0.5) is 5.13 Å². The molecule has 0 aliphatic heterocycles. The highest BCUT2D eigenvalue weighted by Crippen LogP contribution is 2.26. The van der Waals surface area contributed by atoms with Crippen molar-refractivity contribution >= 4 is 38.3 Å². The molecular weight excluding hydrogens is 412 g/mol. The number of carbonyl (C=O) groups excluding carboxylic acids is 1. The lowest BCUT2D eigenvalue weighted by Gasteiger charge is -2.11. The van der Waals surface area contributed by atoms with Gasteiger partial charge in [0.1, 0.15) is 5.75 Å². The maximum Gasteiger partial charge on any atom is 0.264 e. The third-order valence-electron chi connectivity index (χ3n) is 4.01. The fraction of sp³-hybridized carbons (Fsp3) is 0.200. The van der Waals surface area contributed by atoms with Gasteiger partial charge in [0.05, 0.1) is 5.69 Å². The van der Waals surface area contributed by atoms with Crippen molar-refractivity contribution in [2.75, 3.05) is 11.9 Å². The molecule has 0 aliphatic carbocycles. The summed E-state index contributed by atoms with van der Waals surface area (Å²) in [5, 5.41) is 5.28. The molecule has 3 aromatic rings. The Morgan fingerprint density at radius 2 is 1.92 bits per heavy atom. The molecule has 0 saturated heterocycles. The van der Waals surface area contributed by atoms with Crippen molar-refractivity contribution in [1.82, 2.24) is 4.98 Å². The number of halogens is 1. The van der Waals surface area contributed by atoms with Gasteiger partial charge in [-0.2, -0.15) is 0 Å². The van der Waals surface area contributed by atoms with Gasteiger partial charge in [-0.15, -0.1) is 11.3 Å². The van der Waals surface area contributed by atoms with Gasteiger partial charge < -0.3 is 4.74 Å². The summed E-state index contributed by atoms with van der Waals surface area (Å²) in [6.07, 6.45) is 0. The topological polar surface area (TPSA) is 51.2 Å². The molecule has 0 spiro atoms. The normalized spacial score (nSPS) is 10.6. The van der Waals surface area contributed by atoms with E-state index in [2.05, 4.69) is 32.3 Å². The highest BCUT2D eigenvalue weighted by atomic mass is 79.9. The number of nitrogens with one attached hydrogen (secondary N) is 1. The van der Waals surface area contributed by atoms with Crippen LogP contribution in [0.5, 0.6) is 5.75 Å². The number of ether oxygens (including phenoxy) is 1. The fourth-order valence-corrected chi connectivity index (χ4v) is 3.53. The summed E-state index contributed by atoms with van der Waals surface area (Å²) in [6, 6.07) is 11.9. The van der Waals surface area contributed by atoms with Crippen LogP contribution in [-0.2, 0) is 4.79 Å². The molecule has 134 valence electrons. The number of thiazole rings is 1. The van der Waals surface area contributed by atoms with E-state index in [0.29, 0.717) is 5.13 Å². The summed E-state index contributed by atoms with van der Waals surface area (Å²) < 4.78 is 6.71. The van der Waals surface area contributed by atoms with E-state index in [1.165, 1.54) is 11.3 Å². The molecule has 3 rings (SSSR count). The van der Waals surface area contributed by atoms with E-state index >= 15 is 0 Å². The van der Waals surface area contributed by atoms with Crippen molar-refractivity contribution in [2.24, 2.45) is 0 Å². The number of anilines is 1. The molecule has 4 nitrogen and oxygen atoms in total. The van der Waals surface area contributed by atoms with E-state index < -0.39 is 0 Å². The Bertz CT molecular complexity index is 935. The number of benzene rings is 2. The summed E-state index contributed by atoms with van der Waals surface area (Å²) >= 11 is 4.81. The summed E-state index contributed by atoms with van der Waals surface area (Å²) in [7, 11) is 0. The first-order chi connectivity index (χ1) is 12.4. The molecule has 1 heterocycles. The summed E-state index contributed by atoms with van der Waals surface area (Å²) in [5.41, 5.74) is 5.16. The summed E-state index contributed by atoms with van der Waals surface area (Å²) in [6.45, 7) is 6.00. The van der Waals surface area contributed by atoms with Gasteiger partial charge in [-0.1, -0.05) is 34.1 Å². The number of hydrogen-bond acceptors (Lipinski definition) is 4. The number of nitrogens with zero attached hydrogens (tertiary/aromatic N) is 1. The smallest absolute Gasteiger partial charge is 0.264 e. The van der Waals surface area contributed by atoms with E-state index in [1.807, 2.05) is 56.5 Å². The second-order valence-electron chi connectivity index (χ2n) is 6.09. The number of aryl methyl sites for hydroxylation is 2. The van der Waals surface area contributed by atoms with Gasteiger partial charge in [0.2, 0.25) is 0 Å². The number of rotatable bonds is 5. The minimum absolute atomic E-state index is 0.0447. The molecule has 6 heteroatoms. The lowest BCUT2D eigenvalue weighted by Crippen LogP contribution is -2.20. The zero-order chi connectivity index (χ0) is 18.7. The van der Waals surface area contributed by atoms with Crippen LogP contribution in [0.25, 0.3) is 11.3 Å². The third-order valence-corrected chi connectivity index (χ3v) is 5.30. The Hall–Kier alpha value is -2.18. The predicted molar refractivity (Wildman–Crippen MR) is 110 cm³/mol. The summed E-state index contributed by atoms with van der Waals surface area (Å²) in [5.74, 6) is 0.521. The maximum atomic E-state index is 12.2. The van der Waals surface area contributed by atoms with E-state index in [4.69, 9.17) is 4.74 Å². The molecule has 1 N–H and O–H groups in total. The average Bonchev–Trinajstić information content (AvgIpc) is 3.06. The average molecular weight is 431 g/mol. The van der Waals surface area contributed by atoms with E-state index in [9.17, 15) is 4.79 Å². The van der Waals surface area contributed by atoms with Gasteiger partial charge >= 0.3 is 0 Å². The monoisotopic (exact) mass is 430 g/mol. The molecule has 0 aliphatic rings. The van der Waals surface area contributed by atoms with Gasteiger partial charge in [0.25, 0.3) is 5.91 Å². The molecule has 26 heavy (non-hydrogen) atoms. The molecule has 0 bridgehead atoms. The van der Waals surface area contributed by atoms with Gasteiger partial charge in [-0.3, -0.25) is 10.1 Å². The van der Waals surface area contributed by atoms with E-state index in [0.717, 1.165) is 38.2 Å². The fourth-order valence-electron chi connectivity index (χ4n) is 2.53. The van der Waals surface area contributed by atoms with Crippen LogP contribution >= 0.6 is 27.3 Å². The number of hydrogen-bond donors (Lipinski definition) is 1. The number of amides is 1. The quantitative estimate of drug-likeness (QED) is 0.579. The minimum atomic E-state index is -0.222. The molecular formula is C20H19BrN2O2S. The molecule has 0 unspecified atom stereocenters. The van der Waals surface area contributed by atoms with Gasteiger partial charge in [0.15, 0.2) is 11.7 Å². The predicted octanol–water partition coefficient (Wildman–Crippen LogP) is 5.52. The molecule has 1 aromatic heterocycles. The molecule has 1 amide bonds. The SMILES string of the molecule is Cc1cc(C)c(C)c(OCC(=O)Nc2nc(-c3ccc(Br)cc3)cs2)c1. The molecule has 2 aromatic carbocycles. The largest absolute Gasteiger partial charge is 0.483 e. The van der Waals surface area contributed by atoms with Crippen molar-refractivity contribution in [3.05, 3.63) is 62.9 Å². The Balaban J connectivity index is 1.61. The first-order valence-electron chi connectivity index (χ1n) is 8.14. The Morgan fingerprint density at radius 1 is 1.19 bits per heavy atom. The van der Waals surface area contributed by atoms with Crippen LogP contribution in [0.2, 0.25) is 0 Å². The maximum absolute atomic E-state index is 12.2. The standard InChI is InChI=1S/C20H19BrN2O2S/c1-12-8-13(2)14(3)18(9-12)25-10-19(24)23-20-22-17(11-26-20)15-4-6-16(21)7-5-15/h4-9,11H,10H2,1-3H3,(H,22,23,24). The number of aromatic nitrogens is 1. The second kappa shape index (κ2) is 8.01. The second-order valence-corrected chi connectivity index (χ2v) is 7.86. The minimum Gasteiger partial charge on any atom is -0.483 e. The van der Waals surface area contributed by atoms with Gasteiger partial charge in [-0.05, 0) is 55.7 Å². The zero-order valence-corrected chi connectivity index (χ0v) is 17.2. The zero-order valence-electron chi connectivity index (χ0n) is 14.8. The molecule has 0 fully saturated rings. The molecule has 0 atom stereocenters. The van der Waals surface area contributed by atoms with Crippen molar-refractivity contribution < 1.29 is 9.53 Å². The molecule has 0 radical (unpaired) electrons. The Labute approximate surface area is 165 Å². The molecule has 0 saturated carbocycles. The van der Waals surface area contributed by atoms with Crippen LogP contribution < -0.4 is 10.1 Å². The van der Waals surface area contributed by atoms with Gasteiger partial charge in [0, 0.05) is 15.4 Å². The van der Waals surface area contributed by atoms with E-state index in [-0.39, 0.29) is 12.5 Å². The highest BCUT2D eigenvalue weighted by Gasteiger charge is 2.10. The lowest BCUT2D eigenvalue weighted by molar-refractivity contribution is -0.118. The van der Waals surface area contributed by atoms with Crippen LogP contribution in [0, 0.1) is 20.8 Å². The van der Waals surface area contributed by atoms with Crippen LogP contribution in [-0.4, -0.2) is 17.5 Å². The Kier molecular flexibility index (Phi) is 5.74. The number of carbonyl (C=O) groups is 1. The van der Waals surface area contributed by atoms with Crippen LogP contribution in [0.3, 0.4) is 0 Å². The first kappa shape index (κ1) is 18.6. The van der Waals surface area contributed by atoms with Crippen molar-refractivity contribution in [2.45, 2.75) is 20.8 Å². The van der Waals surface area contributed by atoms with Crippen molar-refractivity contribution in [3.8, 4) is 17.0 Å². The first-order valence-corrected chi connectivity index (χ1v) is 9.81. The van der Waals surface area contributed by atoms with Crippen LogP contribution in [0.15, 0.2) is 46.3 Å². The van der Waals surface area contributed by atoms with E-state index in [1.54, 1.807) is 0 Å². The van der Waals surface area contributed by atoms with Gasteiger partial charge in [-0.25, -0.2) is 4.98 Å². The summed E-state index contributed by atoms with van der Waals surface area (Å²) in [4.78, 5) is 16.6. The van der Waals surface area contributed by atoms with Crippen molar-refractivity contribution in [1.29, 1.82) is 0 Å². The van der Waals surface area contributed by atoms with Crippen molar-refractivity contribution in [3.63, 3.8) is 0 Å². The highest BCUT2D eigenvalue weighted by molar-refractivity contribution is 9.10. The third kappa shape index (κ3) is 4.51. The lowest BCUT2D eigenvalue weighted by atomic mass is 10.1. The Morgan fingerprint density at radius 3 is 2.65 bits per heavy atom.